The minimum absolute atomic E-state index is 0.175. The Morgan fingerprint density at radius 1 is 1.04 bits per heavy atom. The predicted octanol–water partition coefficient (Wildman–Crippen LogP) is 4.30. The van der Waals surface area contributed by atoms with Crippen molar-refractivity contribution < 1.29 is 4.39 Å². The molecular weight excluding hydrogens is 368 g/mol. The molecule has 0 aliphatic carbocycles. The Morgan fingerprint density at radius 2 is 1.89 bits per heavy atom. The normalized spacial score (nSPS) is 17.6. The lowest BCUT2D eigenvalue weighted by Crippen LogP contribution is -2.29. The molecular formula is C23H25FN3P. The van der Waals surface area contributed by atoms with Crippen LogP contribution in [0, 0.1) is 5.82 Å². The first kappa shape index (κ1) is 18.0. The lowest BCUT2D eigenvalue weighted by atomic mass is 9.99. The Bertz CT molecular complexity index is 1050. The number of hydrogen-bond donors (Lipinski definition) is 0. The summed E-state index contributed by atoms with van der Waals surface area (Å²) in [7, 11) is 2.83. The Labute approximate surface area is 167 Å². The van der Waals surface area contributed by atoms with Crippen LogP contribution in [0.25, 0.3) is 16.6 Å². The van der Waals surface area contributed by atoms with Gasteiger partial charge in [0, 0.05) is 19.6 Å². The van der Waals surface area contributed by atoms with Crippen LogP contribution < -0.4 is 5.30 Å². The van der Waals surface area contributed by atoms with Crippen molar-refractivity contribution in [2.45, 2.75) is 38.8 Å². The lowest BCUT2D eigenvalue weighted by molar-refractivity contribution is 0.282. The van der Waals surface area contributed by atoms with Crippen molar-refractivity contribution in [3.63, 3.8) is 0 Å². The molecule has 5 rings (SSSR count). The zero-order chi connectivity index (χ0) is 19.1. The van der Waals surface area contributed by atoms with E-state index in [1.54, 1.807) is 12.1 Å². The van der Waals surface area contributed by atoms with Gasteiger partial charge in [0.15, 0.2) is 0 Å². The highest BCUT2D eigenvalue weighted by Gasteiger charge is 2.20. The van der Waals surface area contributed by atoms with E-state index in [2.05, 4.69) is 36.9 Å². The fraction of sp³-hybridized carbons (Fsp3) is 0.348. The van der Waals surface area contributed by atoms with E-state index in [1.807, 2.05) is 12.1 Å². The molecule has 1 aromatic heterocycles. The van der Waals surface area contributed by atoms with Crippen molar-refractivity contribution in [1.82, 2.24) is 14.5 Å². The summed E-state index contributed by atoms with van der Waals surface area (Å²) in [5.41, 5.74) is 6.38. The molecule has 1 atom stereocenters. The van der Waals surface area contributed by atoms with E-state index in [-0.39, 0.29) is 5.82 Å². The summed E-state index contributed by atoms with van der Waals surface area (Å²) in [6.07, 6.45) is 6.89. The van der Waals surface area contributed by atoms with Gasteiger partial charge in [-0.05, 0) is 72.0 Å². The molecule has 0 N–H and O–H groups in total. The fourth-order valence-corrected chi connectivity index (χ4v) is 4.90. The number of nitrogens with zero attached hydrogens (tertiary/aromatic N) is 3. The molecule has 28 heavy (non-hydrogen) atoms. The van der Waals surface area contributed by atoms with Crippen LogP contribution in [0.4, 0.5) is 4.39 Å². The molecule has 0 radical (unpaired) electrons. The number of imidazole rings is 1. The van der Waals surface area contributed by atoms with Crippen molar-refractivity contribution in [2.75, 3.05) is 13.1 Å². The average molecular weight is 393 g/mol. The summed E-state index contributed by atoms with van der Waals surface area (Å²) in [5, 5.41) is 1.23. The van der Waals surface area contributed by atoms with Crippen LogP contribution in [-0.4, -0.2) is 27.5 Å². The zero-order valence-corrected chi connectivity index (χ0v) is 17.1. The van der Waals surface area contributed by atoms with Crippen molar-refractivity contribution >= 4 is 31.2 Å². The maximum atomic E-state index is 13.2. The minimum atomic E-state index is -0.175. The monoisotopic (exact) mass is 393 g/mol. The van der Waals surface area contributed by atoms with Crippen LogP contribution in [0.2, 0.25) is 0 Å². The molecule has 0 saturated carbocycles. The average Bonchev–Trinajstić information content (AvgIpc) is 2.88. The number of aryl methyl sites for hydroxylation is 2. The second-order valence-corrected chi connectivity index (χ2v) is 8.57. The highest BCUT2D eigenvalue weighted by Crippen LogP contribution is 2.28. The molecule has 0 spiro atoms. The summed E-state index contributed by atoms with van der Waals surface area (Å²) < 4.78 is 15.6. The molecule has 0 saturated heterocycles. The highest BCUT2D eigenvalue weighted by molar-refractivity contribution is 7.27. The molecule has 3 aromatic rings. The predicted molar refractivity (Wildman–Crippen MR) is 116 cm³/mol. The molecule has 0 amide bonds. The molecule has 0 bridgehead atoms. The maximum Gasteiger partial charge on any atom is 0.124 e. The van der Waals surface area contributed by atoms with E-state index in [1.165, 1.54) is 40.6 Å². The number of halogens is 1. The molecule has 144 valence electrons. The summed E-state index contributed by atoms with van der Waals surface area (Å²) in [4.78, 5) is 7.48. The quantitative estimate of drug-likeness (QED) is 0.619. The third kappa shape index (κ3) is 3.40. The van der Waals surface area contributed by atoms with Crippen molar-refractivity contribution in [2.24, 2.45) is 0 Å². The third-order valence-electron chi connectivity index (χ3n) is 5.97. The first-order valence-corrected chi connectivity index (χ1v) is 10.7. The third-order valence-corrected chi connectivity index (χ3v) is 6.31. The van der Waals surface area contributed by atoms with Gasteiger partial charge in [-0.25, -0.2) is 9.37 Å². The van der Waals surface area contributed by atoms with E-state index >= 15 is 0 Å². The van der Waals surface area contributed by atoms with E-state index in [0.717, 1.165) is 50.1 Å². The summed E-state index contributed by atoms with van der Waals surface area (Å²) in [5.74, 6) is 1.01. The number of rotatable bonds is 3. The van der Waals surface area contributed by atoms with Crippen LogP contribution in [0.1, 0.15) is 36.2 Å². The maximum absolute atomic E-state index is 13.2. The van der Waals surface area contributed by atoms with Gasteiger partial charge in [0.2, 0.25) is 0 Å². The van der Waals surface area contributed by atoms with Crippen molar-refractivity contribution in [1.29, 1.82) is 0 Å². The number of benzene rings is 2. The summed E-state index contributed by atoms with van der Waals surface area (Å²) >= 11 is 0. The topological polar surface area (TPSA) is 21.1 Å². The van der Waals surface area contributed by atoms with Crippen LogP contribution >= 0.6 is 9.24 Å². The van der Waals surface area contributed by atoms with Gasteiger partial charge in [0.25, 0.3) is 0 Å². The van der Waals surface area contributed by atoms with Gasteiger partial charge in [-0.15, -0.1) is 9.24 Å². The molecule has 5 heteroatoms. The Morgan fingerprint density at radius 3 is 2.68 bits per heavy atom. The second kappa shape index (κ2) is 7.42. The molecule has 3 heterocycles. The van der Waals surface area contributed by atoms with Crippen LogP contribution in [0.15, 0.2) is 42.5 Å². The van der Waals surface area contributed by atoms with Crippen molar-refractivity contribution in [3.05, 3.63) is 65.2 Å². The molecule has 0 fully saturated rings. The second-order valence-electron chi connectivity index (χ2n) is 7.91. The first-order chi connectivity index (χ1) is 13.7. The molecule has 2 aliphatic rings. The fourth-order valence-electron chi connectivity index (χ4n) is 4.55. The smallest absolute Gasteiger partial charge is 0.124 e. The number of aromatic nitrogens is 2. The van der Waals surface area contributed by atoms with Gasteiger partial charge in [-0.2, -0.15) is 0 Å². The van der Waals surface area contributed by atoms with Gasteiger partial charge in [0.05, 0.1) is 17.6 Å². The Kier molecular flexibility index (Phi) is 4.78. The summed E-state index contributed by atoms with van der Waals surface area (Å²) in [6.45, 7) is 3.87. The lowest BCUT2D eigenvalue weighted by Gasteiger charge is -2.26. The largest absolute Gasteiger partial charge is 0.327 e. The molecule has 2 aliphatic heterocycles. The molecule has 1 unspecified atom stereocenters. The summed E-state index contributed by atoms with van der Waals surface area (Å²) in [6, 6.07) is 11.4. The Hall–Kier alpha value is -2.03. The van der Waals surface area contributed by atoms with Gasteiger partial charge in [-0.3, -0.25) is 4.90 Å². The van der Waals surface area contributed by atoms with Crippen LogP contribution in [0.3, 0.4) is 0 Å². The van der Waals surface area contributed by atoms with E-state index < -0.39 is 0 Å². The zero-order valence-electron chi connectivity index (χ0n) is 16.0. The minimum Gasteiger partial charge on any atom is -0.327 e. The Balaban J connectivity index is 1.39. The van der Waals surface area contributed by atoms with Crippen molar-refractivity contribution in [3.8, 4) is 0 Å². The first-order valence-electron chi connectivity index (χ1n) is 10.1. The van der Waals surface area contributed by atoms with Gasteiger partial charge in [0.1, 0.15) is 11.6 Å². The standard InChI is InChI=1S/C23H25FN3P/c24-19-6-4-16(5-7-19)17-8-11-26(12-9-17)15-22-25-21-14-20(28)13-18-3-1-2-10-27(22)23(18)21/h4-8,13-14H,1-3,9-12,15,28H2. The molecule has 3 nitrogen and oxygen atoms in total. The van der Waals surface area contributed by atoms with E-state index in [0.29, 0.717) is 0 Å². The highest BCUT2D eigenvalue weighted by atomic mass is 31.0. The van der Waals surface area contributed by atoms with Crippen LogP contribution in [-0.2, 0) is 19.5 Å². The van der Waals surface area contributed by atoms with Crippen LogP contribution in [0.5, 0.6) is 0 Å². The van der Waals surface area contributed by atoms with E-state index in [4.69, 9.17) is 4.98 Å². The van der Waals surface area contributed by atoms with Gasteiger partial charge < -0.3 is 4.57 Å². The molecule has 2 aromatic carbocycles. The SMILES string of the molecule is Fc1ccc(C2=CCN(Cc3nc4cc(P)cc5c4n3CCCC5)CC2)cc1. The van der Waals surface area contributed by atoms with E-state index in [9.17, 15) is 4.39 Å². The number of hydrogen-bond acceptors (Lipinski definition) is 2. The van der Waals surface area contributed by atoms with Gasteiger partial charge >= 0.3 is 0 Å². The van der Waals surface area contributed by atoms with Gasteiger partial charge in [-0.1, -0.05) is 18.2 Å².